The Morgan fingerprint density at radius 3 is 2.36 bits per heavy atom. The van der Waals surface area contributed by atoms with Gasteiger partial charge in [0.1, 0.15) is 5.75 Å². The van der Waals surface area contributed by atoms with Gasteiger partial charge >= 0.3 is 0 Å². The van der Waals surface area contributed by atoms with Crippen LogP contribution >= 0.6 is 0 Å². The normalized spacial score (nSPS) is 20.6. The standard InChI is InChI=1S/C28H26N2O3/c1-2-33-23-12-10-22(11-13-23)30-25-15-21(19-7-4-3-5-8-19)16-26(31)28(25)24(17-27(30)32)20-9-6-14-29-18-20/h3-14,18,21,24H,2,15-17H2,1H3. The number of anilines is 1. The van der Waals surface area contributed by atoms with Crippen molar-refractivity contribution in [1.29, 1.82) is 0 Å². The number of pyridine rings is 1. The maximum atomic E-state index is 13.6. The molecule has 5 nitrogen and oxygen atoms in total. The van der Waals surface area contributed by atoms with Gasteiger partial charge in [-0.05, 0) is 60.7 Å². The summed E-state index contributed by atoms with van der Waals surface area (Å²) >= 11 is 0. The molecule has 1 amide bonds. The average molecular weight is 439 g/mol. The second kappa shape index (κ2) is 9.02. The van der Waals surface area contributed by atoms with Gasteiger partial charge in [0.05, 0.1) is 6.61 Å². The molecule has 0 bridgehead atoms. The van der Waals surface area contributed by atoms with Gasteiger partial charge in [0, 0.05) is 48.1 Å². The number of hydrogen-bond acceptors (Lipinski definition) is 4. The highest BCUT2D eigenvalue weighted by Crippen LogP contribution is 2.46. The zero-order valence-corrected chi connectivity index (χ0v) is 18.6. The molecule has 0 spiro atoms. The van der Waals surface area contributed by atoms with Crippen LogP contribution in [-0.2, 0) is 9.59 Å². The Kier molecular flexibility index (Phi) is 5.78. The second-order valence-electron chi connectivity index (χ2n) is 8.50. The second-order valence-corrected chi connectivity index (χ2v) is 8.50. The number of carbonyl (C=O) groups excluding carboxylic acids is 2. The number of hydrogen-bond donors (Lipinski definition) is 0. The summed E-state index contributed by atoms with van der Waals surface area (Å²) in [4.78, 5) is 33.1. The number of ether oxygens (including phenoxy) is 1. The largest absolute Gasteiger partial charge is 0.494 e. The Hall–Kier alpha value is -3.73. The molecule has 2 aromatic carbocycles. The lowest BCUT2D eigenvalue weighted by atomic mass is 9.73. The van der Waals surface area contributed by atoms with Crippen LogP contribution in [0, 0.1) is 0 Å². The summed E-state index contributed by atoms with van der Waals surface area (Å²) in [6.07, 6.45) is 4.82. The van der Waals surface area contributed by atoms with E-state index in [-0.39, 0.29) is 29.9 Å². The van der Waals surface area contributed by atoms with Gasteiger partial charge in [0.2, 0.25) is 5.91 Å². The van der Waals surface area contributed by atoms with Crippen LogP contribution in [0.25, 0.3) is 0 Å². The molecule has 2 unspecified atom stereocenters. The number of carbonyl (C=O) groups is 2. The van der Waals surface area contributed by atoms with Gasteiger partial charge in [-0.1, -0.05) is 36.4 Å². The first-order valence-corrected chi connectivity index (χ1v) is 11.4. The number of Topliss-reactive ketones (excluding diaryl/α,β-unsaturated/α-hetero) is 1. The van der Waals surface area contributed by atoms with Crippen molar-refractivity contribution in [2.24, 2.45) is 0 Å². The van der Waals surface area contributed by atoms with E-state index in [1.807, 2.05) is 61.5 Å². The van der Waals surface area contributed by atoms with Gasteiger partial charge < -0.3 is 4.74 Å². The van der Waals surface area contributed by atoms with Gasteiger partial charge in [-0.3, -0.25) is 19.5 Å². The quantitative estimate of drug-likeness (QED) is 0.535. The van der Waals surface area contributed by atoms with E-state index in [4.69, 9.17) is 4.74 Å². The molecular weight excluding hydrogens is 412 g/mol. The van der Waals surface area contributed by atoms with E-state index in [9.17, 15) is 9.59 Å². The highest BCUT2D eigenvalue weighted by Gasteiger charge is 2.42. The number of amides is 1. The maximum Gasteiger partial charge on any atom is 0.232 e. The number of rotatable bonds is 5. The minimum absolute atomic E-state index is 0.00623. The fourth-order valence-electron chi connectivity index (χ4n) is 5.02. The summed E-state index contributed by atoms with van der Waals surface area (Å²) in [5.41, 5.74) is 4.37. The average Bonchev–Trinajstić information content (AvgIpc) is 2.85. The predicted octanol–water partition coefficient (Wildman–Crippen LogP) is 5.40. The SMILES string of the molecule is CCOc1ccc(N2C(=O)CC(c3cccnc3)C3=C2CC(c2ccccc2)CC3=O)cc1. The van der Waals surface area contributed by atoms with Crippen molar-refractivity contribution < 1.29 is 14.3 Å². The van der Waals surface area contributed by atoms with Crippen molar-refractivity contribution in [2.75, 3.05) is 11.5 Å². The highest BCUT2D eigenvalue weighted by molar-refractivity contribution is 6.07. The first kappa shape index (κ1) is 21.1. The minimum atomic E-state index is -0.260. The lowest BCUT2D eigenvalue weighted by molar-refractivity contribution is -0.120. The fraction of sp³-hybridized carbons (Fsp3) is 0.250. The molecule has 5 heteroatoms. The highest BCUT2D eigenvalue weighted by atomic mass is 16.5. The van der Waals surface area contributed by atoms with Gasteiger partial charge in [-0.15, -0.1) is 0 Å². The van der Waals surface area contributed by atoms with Gasteiger partial charge in [-0.25, -0.2) is 0 Å². The zero-order valence-electron chi connectivity index (χ0n) is 18.6. The summed E-state index contributed by atoms with van der Waals surface area (Å²) in [6, 6.07) is 21.5. The van der Waals surface area contributed by atoms with Crippen molar-refractivity contribution in [1.82, 2.24) is 4.98 Å². The lowest BCUT2D eigenvalue weighted by Gasteiger charge is -2.40. The Labute approximate surface area is 193 Å². The molecule has 2 atom stereocenters. The summed E-state index contributed by atoms with van der Waals surface area (Å²) < 4.78 is 5.57. The Morgan fingerprint density at radius 1 is 0.909 bits per heavy atom. The first-order valence-electron chi connectivity index (χ1n) is 11.4. The molecule has 0 saturated heterocycles. The molecular formula is C28H26N2O3. The maximum absolute atomic E-state index is 13.6. The molecule has 166 valence electrons. The van der Waals surface area contributed by atoms with Gasteiger partial charge in [0.25, 0.3) is 0 Å². The molecule has 0 N–H and O–H groups in total. The fourth-order valence-corrected chi connectivity index (χ4v) is 5.02. The first-order chi connectivity index (χ1) is 16.2. The summed E-state index contributed by atoms with van der Waals surface area (Å²) in [7, 11) is 0. The topological polar surface area (TPSA) is 59.5 Å². The third kappa shape index (κ3) is 4.07. The third-order valence-corrected chi connectivity index (χ3v) is 6.49. The predicted molar refractivity (Wildman–Crippen MR) is 127 cm³/mol. The van der Waals surface area contributed by atoms with Crippen LogP contribution in [0.15, 0.2) is 90.4 Å². The van der Waals surface area contributed by atoms with Crippen LogP contribution in [0.1, 0.15) is 49.1 Å². The molecule has 0 fully saturated rings. The summed E-state index contributed by atoms with van der Waals surface area (Å²) in [6.45, 7) is 2.52. The van der Waals surface area contributed by atoms with E-state index < -0.39 is 0 Å². The van der Waals surface area contributed by atoms with Crippen molar-refractivity contribution in [3.05, 3.63) is 102 Å². The van der Waals surface area contributed by atoms with Crippen LogP contribution in [0.4, 0.5) is 5.69 Å². The smallest absolute Gasteiger partial charge is 0.232 e. The Morgan fingerprint density at radius 2 is 1.67 bits per heavy atom. The number of nitrogens with zero attached hydrogens (tertiary/aromatic N) is 2. The molecule has 2 aliphatic rings. The number of ketones is 1. The molecule has 1 aromatic heterocycles. The van der Waals surface area contributed by atoms with Crippen molar-refractivity contribution in [2.45, 2.75) is 38.0 Å². The molecule has 33 heavy (non-hydrogen) atoms. The van der Waals surface area contributed by atoms with Crippen LogP contribution in [-0.4, -0.2) is 23.3 Å². The Balaban J connectivity index is 1.61. The van der Waals surface area contributed by atoms with Crippen LogP contribution in [0.3, 0.4) is 0 Å². The lowest BCUT2D eigenvalue weighted by Crippen LogP contribution is -2.41. The molecule has 0 radical (unpaired) electrons. The Bertz CT molecular complexity index is 1190. The van der Waals surface area contributed by atoms with Gasteiger partial charge in [-0.2, -0.15) is 0 Å². The number of allylic oxidation sites excluding steroid dienone is 2. The van der Waals surface area contributed by atoms with Crippen LogP contribution in [0.2, 0.25) is 0 Å². The summed E-state index contributed by atoms with van der Waals surface area (Å²) in [5, 5.41) is 0. The summed E-state index contributed by atoms with van der Waals surface area (Å²) in [5.74, 6) is 0.651. The minimum Gasteiger partial charge on any atom is -0.494 e. The van der Waals surface area contributed by atoms with Crippen molar-refractivity contribution in [3.8, 4) is 5.75 Å². The van der Waals surface area contributed by atoms with E-state index in [0.717, 1.165) is 33.8 Å². The molecule has 2 heterocycles. The van der Waals surface area contributed by atoms with Crippen LogP contribution in [0.5, 0.6) is 5.75 Å². The molecule has 5 rings (SSSR count). The molecule has 0 saturated carbocycles. The monoisotopic (exact) mass is 438 g/mol. The molecule has 1 aliphatic heterocycles. The van der Waals surface area contributed by atoms with E-state index in [1.54, 1.807) is 17.3 Å². The molecule has 3 aromatic rings. The van der Waals surface area contributed by atoms with E-state index in [1.165, 1.54) is 0 Å². The number of benzene rings is 2. The van der Waals surface area contributed by atoms with Gasteiger partial charge in [0.15, 0.2) is 5.78 Å². The third-order valence-electron chi connectivity index (χ3n) is 6.49. The van der Waals surface area contributed by atoms with E-state index in [0.29, 0.717) is 19.4 Å². The van der Waals surface area contributed by atoms with Crippen molar-refractivity contribution >= 4 is 17.4 Å². The van der Waals surface area contributed by atoms with Crippen molar-refractivity contribution in [3.63, 3.8) is 0 Å². The van der Waals surface area contributed by atoms with E-state index >= 15 is 0 Å². The molecule has 1 aliphatic carbocycles. The number of aromatic nitrogens is 1. The van der Waals surface area contributed by atoms with E-state index in [2.05, 4.69) is 17.1 Å². The van der Waals surface area contributed by atoms with Crippen LogP contribution < -0.4 is 9.64 Å². The zero-order chi connectivity index (χ0) is 22.8.